The van der Waals surface area contributed by atoms with Crippen molar-refractivity contribution in [2.45, 2.75) is 50.7 Å². The molecule has 0 unspecified atom stereocenters. The van der Waals surface area contributed by atoms with Gasteiger partial charge in [-0.15, -0.1) is 0 Å². The molecule has 220 valence electrons. The fourth-order valence-electron chi connectivity index (χ4n) is 4.16. The highest BCUT2D eigenvalue weighted by Crippen LogP contribution is 2.29. The molecule has 0 fully saturated rings. The molecule has 0 aliphatic rings. The SMILES string of the molecule is CC[C@@H](C(=O)NC(C)C)N(Cc1c(Cl)cccc1Cl)C(=O)CN(c1ccc(F)cc1)S(=O)(=O)c1ccc(OC)cc1. The third-order valence-electron chi connectivity index (χ3n) is 6.25. The number of carbonyl (C=O) groups excluding carboxylic acids is 2. The Morgan fingerprint density at radius 3 is 2.07 bits per heavy atom. The quantitative estimate of drug-likeness (QED) is 0.280. The van der Waals surface area contributed by atoms with Gasteiger partial charge in [-0.05, 0) is 80.9 Å². The number of methoxy groups -OCH3 is 1. The van der Waals surface area contributed by atoms with E-state index in [2.05, 4.69) is 5.32 Å². The van der Waals surface area contributed by atoms with Gasteiger partial charge in [-0.2, -0.15) is 0 Å². The maximum Gasteiger partial charge on any atom is 0.264 e. The lowest BCUT2D eigenvalue weighted by Gasteiger charge is -2.34. The summed E-state index contributed by atoms with van der Waals surface area (Å²) >= 11 is 12.8. The third-order valence-corrected chi connectivity index (χ3v) is 8.74. The van der Waals surface area contributed by atoms with E-state index in [9.17, 15) is 22.4 Å². The van der Waals surface area contributed by atoms with Crippen molar-refractivity contribution in [2.24, 2.45) is 0 Å². The molecule has 3 aromatic carbocycles. The van der Waals surface area contributed by atoms with Crippen molar-refractivity contribution in [3.8, 4) is 5.75 Å². The van der Waals surface area contributed by atoms with Gasteiger partial charge in [0, 0.05) is 28.2 Å². The van der Waals surface area contributed by atoms with Crippen LogP contribution in [-0.4, -0.2) is 50.9 Å². The summed E-state index contributed by atoms with van der Waals surface area (Å²) in [4.78, 5) is 28.4. The van der Waals surface area contributed by atoms with Crippen molar-refractivity contribution in [1.82, 2.24) is 10.2 Å². The fourth-order valence-corrected chi connectivity index (χ4v) is 6.10. The van der Waals surface area contributed by atoms with Crippen molar-refractivity contribution in [2.75, 3.05) is 18.0 Å². The molecule has 1 N–H and O–H groups in total. The summed E-state index contributed by atoms with van der Waals surface area (Å²) in [5.41, 5.74) is 0.470. The van der Waals surface area contributed by atoms with E-state index in [1.807, 2.05) is 0 Å². The van der Waals surface area contributed by atoms with Crippen molar-refractivity contribution >= 4 is 50.7 Å². The van der Waals surface area contributed by atoms with Gasteiger partial charge in [0.2, 0.25) is 11.8 Å². The molecule has 0 heterocycles. The van der Waals surface area contributed by atoms with Crippen LogP contribution in [0.15, 0.2) is 71.6 Å². The molecule has 12 heteroatoms. The van der Waals surface area contributed by atoms with Crippen molar-refractivity contribution < 1.29 is 27.1 Å². The highest BCUT2D eigenvalue weighted by molar-refractivity contribution is 7.92. The van der Waals surface area contributed by atoms with Gasteiger partial charge in [0.25, 0.3) is 10.0 Å². The van der Waals surface area contributed by atoms with Gasteiger partial charge < -0.3 is 15.0 Å². The Kier molecular flexibility index (Phi) is 11.0. The first-order valence-corrected chi connectivity index (χ1v) is 15.0. The second-order valence-corrected chi connectivity index (χ2v) is 12.1. The molecule has 1 atom stereocenters. The first-order valence-electron chi connectivity index (χ1n) is 12.8. The van der Waals surface area contributed by atoms with Crippen LogP contribution in [0.3, 0.4) is 0 Å². The number of halogens is 3. The van der Waals surface area contributed by atoms with Crippen LogP contribution in [0.4, 0.5) is 10.1 Å². The topological polar surface area (TPSA) is 96.0 Å². The summed E-state index contributed by atoms with van der Waals surface area (Å²) in [6, 6.07) is 14.1. The van der Waals surface area contributed by atoms with Crippen LogP contribution in [0.25, 0.3) is 0 Å². The maximum atomic E-state index is 14.0. The average molecular weight is 625 g/mol. The lowest BCUT2D eigenvalue weighted by molar-refractivity contribution is -0.140. The Hall–Kier alpha value is -3.34. The number of amides is 2. The highest BCUT2D eigenvalue weighted by Gasteiger charge is 2.34. The van der Waals surface area contributed by atoms with E-state index in [0.717, 1.165) is 16.4 Å². The first kappa shape index (κ1) is 32.2. The summed E-state index contributed by atoms with van der Waals surface area (Å²) in [6.07, 6.45) is 0.230. The number of hydrogen-bond donors (Lipinski definition) is 1. The summed E-state index contributed by atoms with van der Waals surface area (Å²) in [6.45, 7) is 4.48. The van der Waals surface area contributed by atoms with E-state index in [1.165, 1.54) is 48.4 Å². The molecule has 8 nitrogen and oxygen atoms in total. The van der Waals surface area contributed by atoms with Gasteiger partial charge in [0.15, 0.2) is 0 Å². The Morgan fingerprint density at radius 2 is 1.56 bits per heavy atom. The summed E-state index contributed by atoms with van der Waals surface area (Å²) < 4.78 is 47.5. The van der Waals surface area contributed by atoms with Crippen LogP contribution < -0.4 is 14.4 Å². The van der Waals surface area contributed by atoms with E-state index in [4.69, 9.17) is 27.9 Å². The van der Waals surface area contributed by atoms with Crippen LogP contribution in [0.2, 0.25) is 10.0 Å². The summed E-state index contributed by atoms with van der Waals surface area (Å²) in [7, 11) is -2.88. The number of nitrogens with one attached hydrogen (secondary N) is 1. The molecule has 3 rings (SSSR count). The average Bonchev–Trinajstić information content (AvgIpc) is 2.93. The number of nitrogens with zero attached hydrogens (tertiary/aromatic N) is 2. The largest absolute Gasteiger partial charge is 0.497 e. The molecule has 0 saturated carbocycles. The van der Waals surface area contributed by atoms with E-state index in [-0.39, 0.29) is 39.6 Å². The smallest absolute Gasteiger partial charge is 0.264 e. The molecule has 0 radical (unpaired) electrons. The Morgan fingerprint density at radius 1 is 0.976 bits per heavy atom. The first-order chi connectivity index (χ1) is 19.4. The van der Waals surface area contributed by atoms with Crippen LogP contribution in [0.1, 0.15) is 32.8 Å². The molecule has 3 aromatic rings. The number of rotatable bonds is 12. The van der Waals surface area contributed by atoms with Gasteiger partial charge in [0.1, 0.15) is 24.2 Å². The number of benzene rings is 3. The zero-order chi connectivity index (χ0) is 30.3. The number of hydrogen-bond acceptors (Lipinski definition) is 5. The predicted octanol–water partition coefficient (Wildman–Crippen LogP) is 5.67. The summed E-state index contributed by atoms with van der Waals surface area (Å²) in [5.74, 6) is -1.23. The number of anilines is 1. The van der Waals surface area contributed by atoms with Gasteiger partial charge in [-0.1, -0.05) is 36.2 Å². The van der Waals surface area contributed by atoms with Crippen LogP contribution in [0, 0.1) is 5.82 Å². The van der Waals surface area contributed by atoms with Crippen molar-refractivity contribution in [1.29, 1.82) is 0 Å². The second-order valence-electron chi connectivity index (χ2n) is 9.47. The van der Waals surface area contributed by atoms with Crippen LogP contribution in [-0.2, 0) is 26.2 Å². The van der Waals surface area contributed by atoms with Gasteiger partial charge in [-0.25, -0.2) is 12.8 Å². The standard InChI is InChI=1S/C29H32Cl2FN3O5S/c1-5-27(29(37)33-19(2)3)34(17-24-25(30)7-6-8-26(24)31)28(36)18-35(21-11-9-20(32)10-12-21)41(38,39)23-15-13-22(40-4)14-16-23/h6-16,19,27H,5,17-18H2,1-4H3,(H,33,37)/t27-/m0/s1. The van der Waals surface area contributed by atoms with Crippen molar-refractivity contribution in [3.05, 3.63) is 88.2 Å². The molecule has 0 saturated heterocycles. The molecule has 0 aliphatic heterocycles. The zero-order valence-electron chi connectivity index (χ0n) is 23.1. The Balaban J connectivity index is 2.10. The van der Waals surface area contributed by atoms with E-state index < -0.39 is 40.2 Å². The molecule has 0 aliphatic carbocycles. The number of sulfonamides is 1. The second kappa shape index (κ2) is 14.0. The molecular weight excluding hydrogens is 592 g/mol. The monoisotopic (exact) mass is 623 g/mol. The maximum absolute atomic E-state index is 14.0. The lowest BCUT2D eigenvalue weighted by atomic mass is 10.1. The van der Waals surface area contributed by atoms with E-state index in [0.29, 0.717) is 11.3 Å². The number of carbonyl (C=O) groups is 2. The number of ether oxygens (including phenoxy) is 1. The minimum Gasteiger partial charge on any atom is -0.497 e. The summed E-state index contributed by atoms with van der Waals surface area (Å²) in [5, 5.41) is 3.39. The van der Waals surface area contributed by atoms with Gasteiger partial charge in [-0.3, -0.25) is 13.9 Å². The highest BCUT2D eigenvalue weighted by atomic mass is 35.5. The van der Waals surface area contributed by atoms with Gasteiger partial charge >= 0.3 is 0 Å². The zero-order valence-corrected chi connectivity index (χ0v) is 25.4. The van der Waals surface area contributed by atoms with Crippen LogP contribution in [0.5, 0.6) is 5.75 Å². The fraction of sp³-hybridized carbons (Fsp3) is 0.310. The minimum absolute atomic E-state index is 0.0611. The minimum atomic E-state index is -4.33. The molecule has 2 amide bonds. The lowest BCUT2D eigenvalue weighted by Crippen LogP contribution is -2.53. The molecule has 0 bridgehead atoms. The van der Waals surface area contributed by atoms with E-state index >= 15 is 0 Å². The Labute approximate surface area is 250 Å². The third kappa shape index (κ3) is 7.90. The molecular formula is C29H32Cl2FN3O5S. The Bertz CT molecular complexity index is 1450. The molecule has 0 aromatic heterocycles. The molecule has 41 heavy (non-hydrogen) atoms. The van der Waals surface area contributed by atoms with Gasteiger partial charge in [0.05, 0.1) is 17.7 Å². The van der Waals surface area contributed by atoms with Crippen LogP contribution >= 0.6 is 23.2 Å². The molecule has 0 spiro atoms. The van der Waals surface area contributed by atoms with E-state index in [1.54, 1.807) is 39.0 Å². The predicted molar refractivity (Wildman–Crippen MR) is 158 cm³/mol. The normalized spacial score (nSPS) is 12.1. The van der Waals surface area contributed by atoms with Crippen molar-refractivity contribution in [3.63, 3.8) is 0 Å².